The van der Waals surface area contributed by atoms with Gasteiger partial charge in [-0.3, -0.25) is 18.9 Å². The van der Waals surface area contributed by atoms with Crippen molar-refractivity contribution in [2.75, 3.05) is 13.2 Å². The normalized spacial score (nSPS) is 11.9. The molecule has 284 valence electrons. The van der Waals surface area contributed by atoms with Crippen molar-refractivity contribution in [3.8, 4) is 0 Å². The summed E-state index contributed by atoms with van der Waals surface area (Å²) in [7, 11) is -4.73. The van der Waals surface area contributed by atoms with Gasteiger partial charge in [-0.15, -0.1) is 0 Å². The number of esters is 2. The molecule has 0 rings (SSSR count). The van der Waals surface area contributed by atoms with E-state index in [1.165, 1.54) is 51.4 Å². The Balaban J connectivity index is -0.000000428. The van der Waals surface area contributed by atoms with Crippen LogP contribution < -0.4 is 29.6 Å². The second-order valence-electron chi connectivity index (χ2n) is 12.5. The second kappa shape index (κ2) is 39.6. The number of ether oxygens (including phenoxy) is 2. The predicted octanol–water partition coefficient (Wildman–Crippen LogP) is 7.44. The van der Waals surface area contributed by atoms with Gasteiger partial charge < -0.3 is 16.0 Å². The number of hydrogen-bond acceptors (Lipinski definition) is 7. The van der Waals surface area contributed by atoms with Gasteiger partial charge in [-0.2, -0.15) is 8.42 Å². The molecule has 0 aliphatic rings. The summed E-state index contributed by atoms with van der Waals surface area (Å²) >= 11 is 0. The van der Waals surface area contributed by atoms with Crippen LogP contribution in [0.3, 0.4) is 0 Å². The smallest absolute Gasteiger partial charge is 1.00 e. The van der Waals surface area contributed by atoms with Gasteiger partial charge >= 0.3 is 47.5 Å². The summed E-state index contributed by atoms with van der Waals surface area (Å²) in [6, 6.07) is 0. The number of carbonyl (C=O) groups excluding carboxylic acids is 2. The first-order valence-corrected chi connectivity index (χ1v) is 20.4. The minimum absolute atomic E-state index is 0. The van der Waals surface area contributed by atoms with Crippen molar-refractivity contribution < 1.29 is 72.9 Å². The van der Waals surface area contributed by atoms with Gasteiger partial charge in [0, 0.05) is 6.42 Å². The van der Waals surface area contributed by atoms with Gasteiger partial charge in [-0.25, -0.2) is 0 Å². The van der Waals surface area contributed by atoms with E-state index in [1.54, 1.807) is 0 Å². The van der Waals surface area contributed by atoms with Crippen LogP contribution in [0.15, 0.2) is 24.3 Å². The van der Waals surface area contributed by atoms with Crippen molar-refractivity contribution in [3.63, 3.8) is 0 Å². The molecule has 1 unspecified atom stereocenters. The molecule has 0 radical (unpaired) electrons. The van der Waals surface area contributed by atoms with E-state index in [9.17, 15) is 27.4 Å². The Labute approximate surface area is 323 Å². The fraction of sp³-hybridized carbons (Fsp3) is 0.816. The summed E-state index contributed by atoms with van der Waals surface area (Å²) in [6.07, 6.45) is 33.6. The van der Waals surface area contributed by atoms with Crippen LogP contribution in [0.2, 0.25) is 0 Å². The molecule has 0 aromatic carbocycles. The van der Waals surface area contributed by atoms with Gasteiger partial charge in [0.05, 0.1) is 19.6 Å². The van der Waals surface area contributed by atoms with E-state index in [-0.39, 0.29) is 44.2 Å². The summed E-state index contributed by atoms with van der Waals surface area (Å²) in [5.41, 5.74) is 0. The van der Waals surface area contributed by atoms with Crippen LogP contribution in [-0.4, -0.2) is 54.4 Å². The Morgan fingerprint density at radius 1 is 0.612 bits per heavy atom. The summed E-state index contributed by atoms with van der Waals surface area (Å²) < 4.78 is 42.0. The van der Waals surface area contributed by atoms with E-state index in [1.807, 2.05) is 0 Å². The molecular weight excluding hydrogens is 655 g/mol. The Hall–Kier alpha value is -1.20. The second-order valence-corrected chi connectivity index (χ2v) is 14.1. The fourth-order valence-corrected chi connectivity index (χ4v) is 5.48. The Kier molecular flexibility index (Phi) is 42.1. The zero-order chi connectivity index (χ0) is 36.1. The zero-order valence-corrected chi connectivity index (χ0v) is 34.5. The molecule has 0 aliphatic heterocycles. The Morgan fingerprint density at radius 3 is 1.51 bits per heavy atom. The molecule has 0 saturated heterocycles. The Bertz CT molecular complexity index is 943. The molecule has 0 spiro atoms. The molecule has 0 aromatic heterocycles. The van der Waals surface area contributed by atoms with Crippen LogP contribution in [0, 0.1) is 0 Å². The number of carboxylic acid groups (broad SMARTS) is 1. The van der Waals surface area contributed by atoms with Crippen LogP contribution in [0.4, 0.5) is 0 Å². The maximum Gasteiger partial charge on any atom is 1.00 e. The van der Waals surface area contributed by atoms with Crippen molar-refractivity contribution in [1.29, 1.82) is 0 Å². The molecule has 2 N–H and O–H groups in total. The van der Waals surface area contributed by atoms with Gasteiger partial charge in [-0.05, 0) is 51.4 Å². The van der Waals surface area contributed by atoms with Gasteiger partial charge in [-0.1, -0.05) is 141 Å². The molecule has 0 amide bonds. The summed E-state index contributed by atoms with van der Waals surface area (Å²) in [5.74, 6) is -2.60. The van der Waals surface area contributed by atoms with Crippen molar-refractivity contribution in [2.45, 2.75) is 187 Å². The number of allylic oxidation sites excluding steroid dienone is 4. The monoisotopic (exact) mass is 726 g/mol. The van der Waals surface area contributed by atoms with Crippen LogP contribution in [-0.2, 0) is 34.0 Å². The average molecular weight is 727 g/mol. The molecule has 0 fully saturated rings. The maximum atomic E-state index is 12.0. The van der Waals surface area contributed by atoms with Gasteiger partial charge in [0.2, 0.25) is 0 Å². The van der Waals surface area contributed by atoms with Crippen molar-refractivity contribution in [1.82, 2.24) is 0 Å². The molecule has 49 heavy (non-hydrogen) atoms. The van der Waals surface area contributed by atoms with E-state index in [0.717, 1.165) is 83.5 Å². The molecule has 0 heterocycles. The van der Waals surface area contributed by atoms with Crippen LogP contribution in [0.1, 0.15) is 183 Å². The van der Waals surface area contributed by atoms with Crippen LogP contribution >= 0.6 is 0 Å². The first-order valence-electron chi connectivity index (χ1n) is 18.9. The summed E-state index contributed by atoms with van der Waals surface area (Å²) in [6.45, 7) is 6.74. The van der Waals surface area contributed by atoms with E-state index >= 15 is 0 Å². The first kappa shape index (κ1) is 52.2. The largest absolute Gasteiger partial charge is 1.00 e. The number of carbonyl (C=O) groups is 3. The number of hydrogen-bond donors (Lipinski definition) is 2. The van der Waals surface area contributed by atoms with Crippen LogP contribution in [0.25, 0.3) is 0 Å². The first-order chi connectivity index (χ1) is 23.1. The van der Waals surface area contributed by atoms with E-state index in [2.05, 4.69) is 45.1 Å². The number of rotatable bonds is 32. The minimum Gasteiger partial charge on any atom is -1.00 e. The third kappa shape index (κ3) is 41.1. The van der Waals surface area contributed by atoms with Crippen molar-refractivity contribution in [2.24, 2.45) is 0 Å². The quantitative estimate of drug-likeness (QED) is 0.0238. The third-order valence-corrected chi connectivity index (χ3v) is 8.90. The molecule has 9 nitrogen and oxygen atoms in total. The molecule has 11 heteroatoms. The molecular formula is C38H71NaO9S. The zero-order valence-electron chi connectivity index (χ0n) is 32.6. The number of carboxylic acids is 1. The van der Waals surface area contributed by atoms with Gasteiger partial charge in [0.15, 0.2) is 5.25 Å². The summed E-state index contributed by atoms with van der Waals surface area (Å²) in [5, 5.41) is 6.58. The standard InChI is InChI=1S/C20H38O7S.C18H32O2.Na.H/c1-3-5-7-9-11-13-15-26-19(21)17-18(28(23,24)25)20(22)27-16-14-12-10-8-6-4-2;1-2-3-4-5-6-7-8-9-10-11-12-13-14-15-16-17-18(19)20;;/h18H,3-17H2,1-2H3,(H,23,24,25);6-7,9-10H,2-5,8,11-17H2,1H3,(H,19,20);;/q;;+1;-1/b;7-6-,10-9-;;. The Morgan fingerprint density at radius 2 is 1.02 bits per heavy atom. The van der Waals surface area contributed by atoms with Gasteiger partial charge in [0.1, 0.15) is 0 Å². The molecule has 0 aliphatic carbocycles. The topological polar surface area (TPSA) is 144 Å². The van der Waals surface area contributed by atoms with E-state index in [4.69, 9.17) is 14.6 Å². The van der Waals surface area contributed by atoms with Crippen molar-refractivity contribution >= 4 is 28.0 Å². The third-order valence-electron chi connectivity index (χ3n) is 7.82. The van der Waals surface area contributed by atoms with E-state index in [0.29, 0.717) is 19.3 Å². The molecule has 1 atom stereocenters. The van der Waals surface area contributed by atoms with Gasteiger partial charge in [0.25, 0.3) is 10.1 Å². The molecule has 0 aromatic rings. The predicted molar refractivity (Wildman–Crippen MR) is 197 cm³/mol. The van der Waals surface area contributed by atoms with E-state index < -0.39 is 39.7 Å². The minimum atomic E-state index is -4.73. The number of unbranched alkanes of at least 4 members (excludes halogenated alkanes) is 18. The van der Waals surface area contributed by atoms with Crippen molar-refractivity contribution in [3.05, 3.63) is 24.3 Å². The number of aliphatic carboxylic acids is 1. The molecule has 0 saturated carbocycles. The molecule has 0 bridgehead atoms. The SMILES string of the molecule is CCCCC/C=C\C/C=C\CCCCCCCC(=O)O.CCCCCCCCOC(=O)CC(C(=O)OCCCCCCCC)S(=O)(=O)O.[H-].[Na+]. The van der Waals surface area contributed by atoms with Crippen LogP contribution in [0.5, 0.6) is 0 Å². The summed E-state index contributed by atoms with van der Waals surface area (Å²) in [4.78, 5) is 34.1. The fourth-order valence-electron chi connectivity index (χ4n) is 4.82. The maximum absolute atomic E-state index is 12.0. The average Bonchev–Trinajstić information content (AvgIpc) is 3.04.